The first-order chi connectivity index (χ1) is 13.8. The van der Waals surface area contributed by atoms with Crippen molar-refractivity contribution in [3.63, 3.8) is 0 Å². The summed E-state index contributed by atoms with van der Waals surface area (Å²) in [6.45, 7) is 5.31. The van der Waals surface area contributed by atoms with E-state index in [0.29, 0.717) is 29.1 Å². The van der Waals surface area contributed by atoms with Gasteiger partial charge in [-0.3, -0.25) is 5.10 Å². The number of rotatable bonds is 7. The minimum absolute atomic E-state index is 0.170. The molecule has 3 rings (SSSR count). The number of nitrogens with zero attached hydrogens (tertiary/aromatic N) is 2. The van der Waals surface area contributed by atoms with E-state index in [1.54, 1.807) is 37.4 Å². The largest absolute Gasteiger partial charge is 0.457 e. The molecular formula is C22H24F3N3O. The maximum absolute atomic E-state index is 13.6. The quantitative estimate of drug-likeness (QED) is 0.523. The maximum Gasteiger partial charge on any atom is 0.416 e. The van der Waals surface area contributed by atoms with Crippen LogP contribution in [0.2, 0.25) is 0 Å². The lowest BCUT2D eigenvalue weighted by Crippen LogP contribution is -2.18. The fraction of sp³-hybridized carbons (Fsp3) is 0.318. The number of benzene rings is 2. The second-order valence-electron chi connectivity index (χ2n) is 7.07. The zero-order valence-corrected chi connectivity index (χ0v) is 16.7. The van der Waals surface area contributed by atoms with Gasteiger partial charge in [0.15, 0.2) is 0 Å². The van der Waals surface area contributed by atoms with Crippen molar-refractivity contribution in [2.24, 2.45) is 0 Å². The van der Waals surface area contributed by atoms with Crippen LogP contribution in [-0.4, -0.2) is 28.7 Å². The Morgan fingerprint density at radius 2 is 1.86 bits per heavy atom. The Labute approximate surface area is 168 Å². The topological polar surface area (TPSA) is 41.2 Å². The highest BCUT2D eigenvalue weighted by molar-refractivity contribution is 5.71. The molecule has 0 aliphatic heterocycles. The van der Waals surface area contributed by atoms with Crippen LogP contribution in [0, 0.1) is 6.92 Å². The average Bonchev–Trinajstić information content (AvgIpc) is 3.11. The fourth-order valence-corrected chi connectivity index (χ4v) is 3.25. The van der Waals surface area contributed by atoms with Crippen molar-refractivity contribution in [1.82, 2.24) is 15.1 Å². The summed E-state index contributed by atoms with van der Waals surface area (Å²) < 4.78 is 46.5. The SMILES string of the molecule is CCCN(C)Cc1cn[nH]c1-c1cc(C(F)(F)F)cc(Oc2ccccc2)c1C. The molecule has 0 atom stereocenters. The molecule has 0 saturated heterocycles. The van der Waals surface area contributed by atoms with Gasteiger partial charge in [-0.05, 0) is 51.2 Å². The van der Waals surface area contributed by atoms with E-state index in [0.717, 1.165) is 30.7 Å². The number of hydrogen-bond donors (Lipinski definition) is 1. The van der Waals surface area contributed by atoms with Gasteiger partial charge in [0.2, 0.25) is 0 Å². The van der Waals surface area contributed by atoms with E-state index in [-0.39, 0.29) is 5.75 Å². The summed E-state index contributed by atoms with van der Waals surface area (Å²) in [5, 5.41) is 6.97. The van der Waals surface area contributed by atoms with Crippen molar-refractivity contribution in [3.05, 3.63) is 65.4 Å². The Bertz CT molecular complexity index is 952. The molecule has 1 N–H and O–H groups in total. The third kappa shape index (κ3) is 4.98. The highest BCUT2D eigenvalue weighted by Gasteiger charge is 2.33. The zero-order valence-electron chi connectivity index (χ0n) is 16.7. The molecule has 0 aliphatic rings. The molecule has 154 valence electrons. The molecule has 0 fully saturated rings. The number of nitrogens with one attached hydrogen (secondary N) is 1. The van der Waals surface area contributed by atoms with Crippen molar-refractivity contribution in [2.75, 3.05) is 13.6 Å². The molecule has 0 saturated carbocycles. The summed E-state index contributed by atoms with van der Waals surface area (Å²) in [5.41, 5.74) is 1.71. The summed E-state index contributed by atoms with van der Waals surface area (Å²) in [5.74, 6) is 0.650. The number of hydrogen-bond acceptors (Lipinski definition) is 3. The lowest BCUT2D eigenvalue weighted by atomic mass is 9.98. The third-order valence-electron chi connectivity index (χ3n) is 4.69. The lowest BCUT2D eigenvalue weighted by Gasteiger charge is -2.18. The van der Waals surface area contributed by atoms with Gasteiger partial charge in [0.05, 0.1) is 17.5 Å². The van der Waals surface area contributed by atoms with E-state index < -0.39 is 11.7 Å². The van der Waals surface area contributed by atoms with Gasteiger partial charge in [-0.2, -0.15) is 18.3 Å². The minimum Gasteiger partial charge on any atom is -0.457 e. The number of aromatic amines is 1. The summed E-state index contributed by atoms with van der Waals surface area (Å²) >= 11 is 0. The highest BCUT2D eigenvalue weighted by atomic mass is 19.4. The Hall–Kier alpha value is -2.80. The molecule has 29 heavy (non-hydrogen) atoms. The Kier molecular flexibility index (Phi) is 6.27. The van der Waals surface area contributed by atoms with Crippen molar-refractivity contribution in [2.45, 2.75) is 33.0 Å². The first-order valence-electron chi connectivity index (χ1n) is 9.45. The van der Waals surface area contributed by atoms with Gasteiger partial charge < -0.3 is 9.64 Å². The molecule has 4 nitrogen and oxygen atoms in total. The molecule has 0 amide bonds. The molecule has 1 aromatic heterocycles. The van der Waals surface area contributed by atoms with Crippen molar-refractivity contribution in [1.29, 1.82) is 0 Å². The first-order valence-corrected chi connectivity index (χ1v) is 9.45. The van der Waals surface area contributed by atoms with Crippen LogP contribution in [0.4, 0.5) is 13.2 Å². The summed E-state index contributed by atoms with van der Waals surface area (Å²) in [6.07, 6.45) is -1.84. The molecular weight excluding hydrogens is 379 g/mol. The fourth-order valence-electron chi connectivity index (χ4n) is 3.25. The Morgan fingerprint density at radius 1 is 1.14 bits per heavy atom. The van der Waals surface area contributed by atoms with E-state index in [1.165, 1.54) is 0 Å². The third-order valence-corrected chi connectivity index (χ3v) is 4.69. The summed E-state index contributed by atoms with van der Waals surface area (Å²) in [6, 6.07) is 11.0. The van der Waals surface area contributed by atoms with Crippen LogP contribution < -0.4 is 4.74 Å². The van der Waals surface area contributed by atoms with Gasteiger partial charge in [0, 0.05) is 23.2 Å². The Balaban J connectivity index is 2.07. The first kappa shape index (κ1) is 20.9. The summed E-state index contributed by atoms with van der Waals surface area (Å²) in [7, 11) is 1.98. The van der Waals surface area contributed by atoms with Crippen molar-refractivity contribution < 1.29 is 17.9 Å². The van der Waals surface area contributed by atoms with E-state index in [2.05, 4.69) is 22.0 Å². The monoisotopic (exact) mass is 403 g/mol. The molecule has 2 aromatic carbocycles. The van der Waals surface area contributed by atoms with Crippen LogP contribution in [0.1, 0.15) is 30.0 Å². The predicted octanol–water partition coefficient (Wildman–Crippen LogP) is 6.04. The number of alkyl halides is 3. The predicted molar refractivity (Wildman–Crippen MR) is 107 cm³/mol. The normalized spacial score (nSPS) is 11.8. The van der Waals surface area contributed by atoms with Gasteiger partial charge in [0.1, 0.15) is 11.5 Å². The standard InChI is InChI=1S/C22H24F3N3O/c1-4-10-28(3)14-16-13-26-27-21(16)19-11-17(22(23,24)25)12-20(15(19)2)29-18-8-6-5-7-9-18/h5-9,11-13H,4,10,14H2,1-3H3,(H,26,27). The maximum atomic E-state index is 13.6. The van der Waals surface area contributed by atoms with Crippen molar-refractivity contribution in [3.8, 4) is 22.8 Å². The summed E-state index contributed by atoms with van der Waals surface area (Å²) in [4.78, 5) is 2.11. The van der Waals surface area contributed by atoms with Gasteiger partial charge in [0.25, 0.3) is 0 Å². The number of para-hydroxylation sites is 1. The molecule has 3 aromatic rings. The van der Waals surface area contributed by atoms with Gasteiger partial charge in [-0.15, -0.1) is 0 Å². The van der Waals surface area contributed by atoms with E-state index in [9.17, 15) is 13.2 Å². The van der Waals surface area contributed by atoms with E-state index in [4.69, 9.17) is 4.74 Å². The van der Waals surface area contributed by atoms with Gasteiger partial charge >= 0.3 is 6.18 Å². The van der Waals surface area contributed by atoms with Crippen LogP contribution in [0.5, 0.6) is 11.5 Å². The molecule has 0 bridgehead atoms. The second-order valence-corrected chi connectivity index (χ2v) is 7.07. The molecule has 0 unspecified atom stereocenters. The Morgan fingerprint density at radius 3 is 2.52 bits per heavy atom. The van der Waals surface area contributed by atoms with Crippen LogP contribution in [0.15, 0.2) is 48.7 Å². The number of halogens is 3. The number of H-pyrrole nitrogens is 1. The van der Waals surface area contributed by atoms with Gasteiger partial charge in [-0.25, -0.2) is 0 Å². The van der Waals surface area contributed by atoms with Crippen molar-refractivity contribution >= 4 is 0 Å². The molecule has 0 aliphatic carbocycles. The second kappa shape index (κ2) is 8.69. The molecule has 0 spiro atoms. The highest BCUT2D eigenvalue weighted by Crippen LogP contribution is 2.40. The number of ether oxygens (including phenoxy) is 1. The van der Waals surface area contributed by atoms with Gasteiger partial charge in [-0.1, -0.05) is 25.1 Å². The average molecular weight is 403 g/mol. The molecule has 7 heteroatoms. The van der Waals surface area contributed by atoms with E-state index in [1.807, 2.05) is 13.1 Å². The molecule has 0 radical (unpaired) electrons. The zero-order chi connectivity index (χ0) is 21.0. The van der Waals surface area contributed by atoms with Crippen LogP contribution >= 0.6 is 0 Å². The van der Waals surface area contributed by atoms with E-state index >= 15 is 0 Å². The molecule has 1 heterocycles. The van der Waals surface area contributed by atoms with Crippen LogP contribution in [0.25, 0.3) is 11.3 Å². The minimum atomic E-state index is -4.49. The van der Waals surface area contributed by atoms with Crippen LogP contribution in [0.3, 0.4) is 0 Å². The smallest absolute Gasteiger partial charge is 0.416 e. The number of aromatic nitrogens is 2. The lowest BCUT2D eigenvalue weighted by molar-refractivity contribution is -0.137. The van der Waals surface area contributed by atoms with Crippen LogP contribution in [-0.2, 0) is 12.7 Å².